The van der Waals surface area contributed by atoms with E-state index in [1.54, 1.807) is 31.2 Å². The summed E-state index contributed by atoms with van der Waals surface area (Å²) >= 11 is 2.57. The van der Waals surface area contributed by atoms with Gasteiger partial charge in [-0.15, -0.1) is 11.8 Å². The summed E-state index contributed by atoms with van der Waals surface area (Å²) in [5.74, 6) is -0.0935. The van der Waals surface area contributed by atoms with Gasteiger partial charge in [-0.3, -0.25) is 14.9 Å². The Bertz CT molecular complexity index is 781. The number of carbonyl (C=O) groups is 2. The van der Waals surface area contributed by atoms with Crippen molar-refractivity contribution >= 4 is 40.0 Å². The first-order valence-corrected chi connectivity index (χ1v) is 8.59. The summed E-state index contributed by atoms with van der Waals surface area (Å²) in [5.41, 5.74) is 6.36. The van der Waals surface area contributed by atoms with Gasteiger partial charge in [0.2, 0.25) is 5.91 Å². The van der Waals surface area contributed by atoms with Crippen molar-refractivity contribution in [2.24, 2.45) is 5.73 Å². The molecule has 2 amide bonds. The van der Waals surface area contributed by atoms with E-state index >= 15 is 0 Å². The maximum absolute atomic E-state index is 11.9. The quantitative estimate of drug-likeness (QED) is 0.727. The number of benzene rings is 1. The van der Waals surface area contributed by atoms with Crippen LogP contribution in [0.3, 0.4) is 0 Å². The molecule has 1 aromatic heterocycles. The fourth-order valence-electron chi connectivity index (χ4n) is 1.64. The van der Waals surface area contributed by atoms with Gasteiger partial charge in [0, 0.05) is 0 Å². The molecule has 124 valence electrons. The highest BCUT2D eigenvalue weighted by atomic mass is 32.2. The van der Waals surface area contributed by atoms with Gasteiger partial charge in [0.15, 0.2) is 11.7 Å². The number of thiazole rings is 1. The third kappa shape index (κ3) is 5.26. The van der Waals surface area contributed by atoms with E-state index in [4.69, 9.17) is 15.7 Å². The third-order valence-corrected chi connectivity index (χ3v) is 5.16. The number of aryl methyl sites for hydroxylation is 1. The Morgan fingerprint density at radius 3 is 2.75 bits per heavy atom. The Balaban J connectivity index is 1.86. The van der Waals surface area contributed by atoms with Gasteiger partial charge in [-0.1, -0.05) is 11.3 Å². The van der Waals surface area contributed by atoms with Gasteiger partial charge < -0.3 is 10.5 Å². The van der Waals surface area contributed by atoms with Crippen molar-refractivity contribution in [1.82, 2.24) is 4.98 Å². The monoisotopic (exact) mass is 362 g/mol. The van der Waals surface area contributed by atoms with Gasteiger partial charge >= 0.3 is 0 Å². The normalized spacial score (nSPS) is 10.0. The van der Waals surface area contributed by atoms with Gasteiger partial charge in [-0.05, 0) is 31.2 Å². The van der Waals surface area contributed by atoms with Crippen LogP contribution in [0.15, 0.2) is 28.5 Å². The molecule has 2 aromatic rings. The number of amides is 2. The Labute approximate surface area is 146 Å². The van der Waals surface area contributed by atoms with Crippen molar-refractivity contribution in [3.05, 3.63) is 35.5 Å². The summed E-state index contributed by atoms with van der Waals surface area (Å²) in [6, 6.07) is 8.47. The van der Waals surface area contributed by atoms with E-state index in [9.17, 15) is 9.59 Å². The molecule has 1 aromatic carbocycles. The number of nitrogens with zero attached hydrogens (tertiary/aromatic N) is 2. The molecule has 7 nitrogen and oxygen atoms in total. The summed E-state index contributed by atoms with van der Waals surface area (Å²) in [7, 11) is 0. The molecule has 0 spiro atoms. The summed E-state index contributed by atoms with van der Waals surface area (Å²) < 4.78 is 6.18. The number of carbonyl (C=O) groups excluding carboxylic acids is 2. The zero-order valence-corrected chi connectivity index (χ0v) is 14.4. The minimum atomic E-state index is -0.408. The van der Waals surface area contributed by atoms with Gasteiger partial charge in [0.1, 0.15) is 5.75 Å². The predicted octanol–water partition coefficient (Wildman–Crippen LogP) is 1.92. The minimum Gasteiger partial charge on any atom is -0.484 e. The van der Waals surface area contributed by atoms with E-state index in [2.05, 4.69) is 10.3 Å². The Kier molecular flexibility index (Phi) is 6.17. The molecule has 0 aliphatic carbocycles. The molecule has 0 radical (unpaired) electrons. The van der Waals surface area contributed by atoms with Crippen LogP contribution in [0, 0.1) is 18.3 Å². The number of nitriles is 1. The summed E-state index contributed by atoms with van der Waals surface area (Å²) in [6.07, 6.45) is 0. The van der Waals surface area contributed by atoms with Gasteiger partial charge in [0.05, 0.1) is 27.3 Å². The molecular weight excluding hydrogens is 348 g/mol. The van der Waals surface area contributed by atoms with Crippen molar-refractivity contribution in [3.8, 4) is 11.8 Å². The van der Waals surface area contributed by atoms with Crippen LogP contribution in [0.5, 0.6) is 5.75 Å². The molecule has 0 unspecified atom stereocenters. The number of primary amides is 1. The number of hydrogen-bond donors (Lipinski definition) is 2. The van der Waals surface area contributed by atoms with Crippen LogP contribution in [0.4, 0.5) is 5.13 Å². The van der Waals surface area contributed by atoms with E-state index in [-0.39, 0.29) is 18.3 Å². The first-order valence-electron chi connectivity index (χ1n) is 6.79. The lowest BCUT2D eigenvalue weighted by Crippen LogP contribution is -2.20. The lowest BCUT2D eigenvalue weighted by molar-refractivity contribution is -0.118. The molecule has 1 heterocycles. The van der Waals surface area contributed by atoms with Crippen LogP contribution in [0.1, 0.15) is 11.3 Å². The van der Waals surface area contributed by atoms with E-state index in [0.717, 1.165) is 9.90 Å². The zero-order valence-electron chi connectivity index (χ0n) is 12.7. The van der Waals surface area contributed by atoms with Crippen molar-refractivity contribution in [2.75, 3.05) is 17.7 Å². The lowest BCUT2D eigenvalue weighted by Gasteiger charge is -2.05. The molecule has 3 N–H and O–H groups in total. The maximum atomic E-state index is 11.9. The molecule has 0 fully saturated rings. The van der Waals surface area contributed by atoms with E-state index in [1.807, 2.05) is 6.07 Å². The van der Waals surface area contributed by atoms with E-state index in [1.165, 1.54) is 23.1 Å². The molecule has 0 saturated carbocycles. The van der Waals surface area contributed by atoms with Crippen molar-refractivity contribution in [1.29, 1.82) is 5.26 Å². The largest absolute Gasteiger partial charge is 0.484 e. The second-order valence-electron chi connectivity index (χ2n) is 4.62. The molecule has 9 heteroatoms. The topological polar surface area (TPSA) is 118 Å². The fraction of sp³-hybridized carbons (Fsp3) is 0.200. The molecule has 0 aliphatic heterocycles. The average molecular weight is 362 g/mol. The van der Waals surface area contributed by atoms with Crippen LogP contribution in [-0.2, 0) is 9.59 Å². The molecule has 0 atom stereocenters. The predicted molar refractivity (Wildman–Crippen MR) is 92.1 cm³/mol. The first-order chi connectivity index (χ1) is 11.5. The van der Waals surface area contributed by atoms with Crippen LogP contribution in [0.25, 0.3) is 0 Å². The lowest BCUT2D eigenvalue weighted by atomic mass is 10.2. The van der Waals surface area contributed by atoms with Gasteiger partial charge in [-0.25, -0.2) is 4.98 Å². The number of rotatable bonds is 7. The summed E-state index contributed by atoms with van der Waals surface area (Å²) in [4.78, 5) is 26.9. The zero-order chi connectivity index (χ0) is 17.5. The molecular formula is C15H14N4O3S2. The van der Waals surface area contributed by atoms with Crippen molar-refractivity contribution in [2.45, 2.75) is 11.1 Å². The van der Waals surface area contributed by atoms with Crippen molar-refractivity contribution < 1.29 is 14.3 Å². The number of hydrogen-bond acceptors (Lipinski definition) is 7. The van der Waals surface area contributed by atoms with E-state index in [0.29, 0.717) is 16.4 Å². The molecule has 0 saturated heterocycles. The van der Waals surface area contributed by atoms with Crippen LogP contribution in [0.2, 0.25) is 0 Å². The standard InChI is InChI=1S/C15H14N4O3S2/c1-9-14(23-8-12(17)20)24-15(18-9)19-13(21)7-22-11-4-2-10(6-16)3-5-11/h2-5H,7-8H2,1H3,(H2,17,20)(H,18,19,21). The average Bonchev–Trinajstić information content (AvgIpc) is 2.91. The molecule has 24 heavy (non-hydrogen) atoms. The fourth-order valence-corrected chi connectivity index (χ4v) is 3.53. The van der Waals surface area contributed by atoms with Crippen LogP contribution >= 0.6 is 23.1 Å². The number of ether oxygens (including phenoxy) is 1. The van der Waals surface area contributed by atoms with Gasteiger partial charge in [-0.2, -0.15) is 5.26 Å². The molecule has 2 rings (SSSR count). The highest BCUT2D eigenvalue weighted by molar-refractivity contribution is 8.01. The van der Waals surface area contributed by atoms with Crippen LogP contribution in [-0.4, -0.2) is 29.2 Å². The van der Waals surface area contributed by atoms with E-state index < -0.39 is 5.91 Å². The number of nitrogens with one attached hydrogen (secondary N) is 1. The first kappa shape index (κ1) is 17.8. The van der Waals surface area contributed by atoms with Gasteiger partial charge in [0.25, 0.3) is 5.91 Å². The molecule has 0 bridgehead atoms. The van der Waals surface area contributed by atoms with Crippen molar-refractivity contribution in [3.63, 3.8) is 0 Å². The maximum Gasteiger partial charge on any atom is 0.264 e. The Hall–Kier alpha value is -2.57. The smallest absolute Gasteiger partial charge is 0.264 e. The number of aromatic nitrogens is 1. The second kappa shape index (κ2) is 8.33. The highest BCUT2D eigenvalue weighted by Gasteiger charge is 2.12. The minimum absolute atomic E-state index is 0.165. The van der Waals surface area contributed by atoms with Crippen LogP contribution < -0.4 is 15.8 Å². The Morgan fingerprint density at radius 1 is 1.42 bits per heavy atom. The number of thioether (sulfide) groups is 1. The Morgan fingerprint density at radius 2 is 2.12 bits per heavy atom. The SMILES string of the molecule is Cc1nc(NC(=O)COc2ccc(C#N)cc2)sc1SCC(N)=O. The number of nitrogens with two attached hydrogens (primary N) is 1. The highest BCUT2D eigenvalue weighted by Crippen LogP contribution is 2.31. The number of anilines is 1. The third-order valence-electron chi connectivity index (χ3n) is 2.70. The summed E-state index contributed by atoms with van der Waals surface area (Å²) in [6.45, 7) is 1.62. The molecule has 0 aliphatic rings. The summed E-state index contributed by atoms with van der Waals surface area (Å²) in [5, 5.41) is 11.8. The second-order valence-corrected chi connectivity index (χ2v) is 6.86.